The van der Waals surface area contributed by atoms with Crippen LogP contribution in [0.2, 0.25) is 10.0 Å². The van der Waals surface area contributed by atoms with Crippen LogP contribution in [0, 0.1) is 0 Å². The molecule has 130 valence electrons. The number of benzene rings is 2. The summed E-state index contributed by atoms with van der Waals surface area (Å²) in [6.07, 6.45) is 2.02. The fourth-order valence-electron chi connectivity index (χ4n) is 3.30. The highest BCUT2D eigenvalue weighted by atomic mass is 35.5. The van der Waals surface area contributed by atoms with Gasteiger partial charge >= 0.3 is 5.97 Å². The highest BCUT2D eigenvalue weighted by Crippen LogP contribution is 2.45. The lowest BCUT2D eigenvalue weighted by Gasteiger charge is -2.41. The van der Waals surface area contributed by atoms with Gasteiger partial charge in [0.2, 0.25) is 0 Å². The van der Waals surface area contributed by atoms with Gasteiger partial charge in [-0.25, -0.2) is 0 Å². The Bertz CT molecular complexity index is 791. The third-order valence-electron chi connectivity index (χ3n) is 4.57. The van der Waals surface area contributed by atoms with E-state index in [1.54, 1.807) is 18.2 Å². The number of hydrogen-bond donors (Lipinski definition) is 1. The Morgan fingerprint density at radius 3 is 2.52 bits per heavy atom. The number of hydrogen-bond acceptors (Lipinski definition) is 3. The van der Waals surface area contributed by atoms with E-state index in [0.717, 1.165) is 11.1 Å². The summed E-state index contributed by atoms with van der Waals surface area (Å²) in [7, 11) is 0. The Labute approximate surface area is 157 Å². The second kappa shape index (κ2) is 7.20. The number of carbonyl (C=O) groups is 1. The van der Waals surface area contributed by atoms with E-state index in [4.69, 9.17) is 33.7 Å². The van der Waals surface area contributed by atoms with Crippen LogP contribution in [0.4, 0.5) is 0 Å². The zero-order chi connectivity index (χ0) is 18.0. The maximum Gasteiger partial charge on any atom is 0.327 e. The normalized spacial score (nSPS) is 26.1. The van der Waals surface area contributed by atoms with E-state index >= 15 is 0 Å². The van der Waals surface area contributed by atoms with E-state index in [1.165, 1.54) is 0 Å². The van der Waals surface area contributed by atoms with Crippen molar-refractivity contribution in [1.82, 2.24) is 0 Å². The number of rotatable bonds is 4. The van der Waals surface area contributed by atoms with Crippen molar-refractivity contribution < 1.29 is 9.53 Å². The number of nitrogens with two attached hydrogens (primary N) is 1. The number of carbonyl (C=O) groups excluding carboxylic acids is 1. The molecule has 2 aromatic rings. The lowest BCUT2D eigenvalue weighted by atomic mass is 9.75. The van der Waals surface area contributed by atoms with Crippen LogP contribution < -0.4 is 5.73 Å². The summed E-state index contributed by atoms with van der Waals surface area (Å²) in [6.45, 7) is 3.71. The highest BCUT2D eigenvalue weighted by molar-refractivity contribution is 6.30. The molecule has 3 unspecified atom stereocenters. The predicted octanol–water partition coefficient (Wildman–Crippen LogP) is 5.04. The third-order valence-corrected chi connectivity index (χ3v) is 5.06. The maximum absolute atomic E-state index is 12.6. The molecule has 3 rings (SSSR count). The molecule has 5 heteroatoms. The molecule has 2 aromatic carbocycles. The van der Waals surface area contributed by atoms with Gasteiger partial charge < -0.3 is 10.5 Å². The molecule has 3 atom stereocenters. The number of esters is 1. The van der Waals surface area contributed by atoms with Gasteiger partial charge in [0, 0.05) is 16.0 Å². The first-order valence-corrected chi connectivity index (χ1v) is 8.80. The van der Waals surface area contributed by atoms with Gasteiger partial charge in [-0.05, 0) is 48.2 Å². The van der Waals surface area contributed by atoms with Crippen molar-refractivity contribution in [1.29, 1.82) is 0 Å². The molecule has 1 aliphatic heterocycles. The van der Waals surface area contributed by atoms with Crippen molar-refractivity contribution in [2.24, 2.45) is 5.73 Å². The van der Waals surface area contributed by atoms with Crippen molar-refractivity contribution >= 4 is 29.2 Å². The fraction of sp³-hybridized carbons (Fsp3) is 0.250. The molecular weight excluding hydrogens is 357 g/mol. The third kappa shape index (κ3) is 3.74. The van der Waals surface area contributed by atoms with Crippen LogP contribution in [0.1, 0.15) is 36.0 Å². The molecule has 1 heterocycles. The summed E-state index contributed by atoms with van der Waals surface area (Å²) >= 11 is 12.2. The highest BCUT2D eigenvalue weighted by Gasteiger charge is 2.47. The monoisotopic (exact) mass is 375 g/mol. The Morgan fingerprint density at radius 1 is 1.16 bits per heavy atom. The molecule has 0 radical (unpaired) electrons. The fourth-order valence-corrected chi connectivity index (χ4v) is 3.63. The number of cyclic esters (lactones) is 1. The Kier molecular flexibility index (Phi) is 5.19. The van der Waals surface area contributed by atoms with Gasteiger partial charge in [0.15, 0.2) is 0 Å². The molecule has 0 bridgehead atoms. The van der Waals surface area contributed by atoms with E-state index < -0.39 is 17.6 Å². The molecular formula is C20H19Cl2NO2. The standard InChI is InChI=1S/C20H19Cl2NO2/c1-2-10-20(23)12-17(14-4-3-5-16(22)11-14)18(25-19(20)24)13-6-8-15(21)9-7-13/h2-9,11,17-18H,1,10,12,23H2. The Hall–Kier alpha value is -1.81. The summed E-state index contributed by atoms with van der Waals surface area (Å²) in [5.41, 5.74) is 7.12. The molecule has 1 saturated heterocycles. The van der Waals surface area contributed by atoms with Crippen LogP contribution in [0.3, 0.4) is 0 Å². The van der Waals surface area contributed by atoms with Gasteiger partial charge in [0.1, 0.15) is 11.6 Å². The SMILES string of the molecule is C=CCC1(N)CC(c2cccc(Cl)c2)C(c2ccc(Cl)cc2)OC1=O. The van der Waals surface area contributed by atoms with Crippen molar-refractivity contribution in [2.75, 3.05) is 0 Å². The molecule has 0 aliphatic carbocycles. The quantitative estimate of drug-likeness (QED) is 0.601. The molecule has 1 aliphatic rings. The average Bonchev–Trinajstić information content (AvgIpc) is 2.58. The summed E-state index contributed by atoms with van der Waals surface area (Å²) in [6, 6.07) is 14.9. The van der Waals surface area contributed by atoms with Crippen LogP contribution in [-0.4, -0.2) is 11.5 Å². The Balaban J connectivity index is 2.03. The Morgan fingerprint density at radius 2 is 1.88 bits per heavy atom. The van der Waals surface area contributed by atoms with Gasteiger partial charge in [-0.15, -0.1) is 6.58 Å². The number of ether oxygens (including phenoxy) is 1. The summed E-state index contributed by atoms with van der Waals surface area (Å²) in [4.78, 5) is 12.6. The zero-order valence-electron chi connectivity index (χ0n) is 13.6. The van der Waals surface area contributed by atoms with Crippen molar-refractivity contribution in [3.63, 3.8) is 0 Å². The van der Waals surface area contributed by atoms with Crippen LogP contribution in [0.5, 0.6) is 0 Å². The first-order chi connectivity index (χ1) is 11.9. The molecule has 3 nitrogen and oxygen atoms in total. The van der Waals surface area contributed by atoms with Crippen LogP contribution >= 0.6 is 23.2 Å². The first kappa shape index (κ1) is 18.0. The van der Waals surface area contributed by atoms with E-state index in [-0.39, 0.29) is 5.92 Å². The minimum atomic E-state index is -1.09. The van der Waals surface area contributed by atoms with E-state index in [0.29, 0.717) is 22.9 Å². The largest absolute Gasteiger partial charge is 0.455 e. The summed E-state index contributed by atoms with van der Waals surface area (Å²) in [5, 5.41) is 1.26. The topological polar surface area (TPSA) is 52.3 Å². The average molecular weight is 376 g/mol. The van der Waals surface area contributed by atoms with Gasteiger partial charge in [-0.2, -0.15) is 0 Å². The van der Waals surface area contributed by atoms with E-state index in [1.807, 2.05) is 36.4 Å². The van der Waals surface area contributed by atoms with E-state index in [9.17, 15) is 4.79 Å². The molecule has 0 aromatic heterocycles. The summed E-state index contributed by atoms with van der Waals surface area (Å²) in [5.74, 6) is -0.520. The predicted molar refractivity (Wildman–Crippen MR) is 101 cm³/mol. The minimum absolute atomic E-state index is 0.109. The van der Waals surface area contributed by atoms with Crippen molar-refractivity contribution in [3.8, 4) is 0 Å². The van der Waals surface area contributed by atoms with Crippen molar-refractivity contribution in [3.05, 3.63) is 82.4 Å². The van der Waals surface area contributed by atoms with Crippen LogP contribution in [-0.2, 0) is 9.53 Å². The second-order valence-electron chi connectivity index (χ2n) is 6.39. The molecule has 1 fully saturated rings. The van der Waals surface area contributed by atoms with Gasteiger partial charge in [0.05, 0.1) is 0 Å². The lowest BCUT2D eigenvalue weighted by molar-refractivity contribution is -0.165. The maximum atomic E-state index is 12.6. The second-order valence-corrected chi connectivity index (χ2v) is 7.26. The first-order valence-electron chi connectivity index (χ1n) is 8.05. The molecule has 2 N–H and O–H groups in total. The van der Waals surface area contributed by atoms with Crippen LogP contribution in [0.15, 0.2) is 61.2 Å². The smallest absolute Gasteiger partial charge is 0.327 e. The minimum Gasteiger partial charge on any atom is -0.455 e. The molecule has 0 amide bonds. The molecule has 25 heavy (non-hydrogen) atoms. The zero-order valence-corrected chi connectivity index (χ0v) is 15.1. The van der Waals surface area contributed by atoms with Crippen molar-refractivity contribution in [2.45, 2.75) is 30.4 Å². The lowest BCUT2D eigenvalue weighted by Crippen LogP contribution is -2.54. The van der Waals surface area contributed by atoms with Gasteiger partial charge in [0.25, 0.3) is 0 Å². The van der Waals surface area contributed by atoms with Gasteiger partial charge in [-0.3, -0.25) is 4.79 Å². The van der Waals surface area contributed by atoms with Crippen LogP contribution in [0.25, 0.3) is 0 Å². The molecule has 0 spiro atoms. The van der Waals surface area contributed by atoms with Gasteiger partial charge in [-0.1, -0.05) is 53.5 Å². The number of halogens is 2. The molecule has 0 saturated carbocycles. The summed E-state index contributed by atoms with van der Waals surface area (Å²) < 4.78 is 5.79. The van der Waals surface area contributed by atoms with E-state index in [2.05, 4.69) is 6.58 Å².